The first-order chi connectivity index (χ1) is 12.6. The van der Waals surface area contributed by atoms with Crippen molar-refractivity contribution in [3.8, 4) is 0 Å². The number of piperazine rings is 1. The standard InChI is InChI=1S/C20H25N3O3/c1-2-20(24)22-18-10-11-19(22)17-9-8-16(18)21(17)12-4-6-14-5-3-7-15(13-14)23(25)26/h3-7,13,16-19H,2,8-12H2,1H3/b6-4+/t16-,17?,18-,19?/m0/s1. The lowest BCUT2D eigenvalue weighted by molar-refractivity contribution is -0.384. The molecule has 3 heterocycles. The van der Waals surface area contributed by atoms with Gasteiger partial charge in [-0.3, -0.25) is 19.8 Å². The molecule has 0 aliphatic carbocycles. The number of nitro groups is 1. The number of fused-ring (bicyclic) bond motifs is 6. The fourth-order valence-corrected chi connectivity index (χ4v) is 5.24. The van der Waals surface area contributed by atoms with E-state index in [2.05, 4.69) is 15.9 Å². The van der Waals surface area contributed by atoms with Crippen molar-refractivity contribution in [2.45, 2.75) is 63.2 Å². The smallest absolute Gasteiger partial charge is 0.270 e. The molecule has 26 heavy (non-hydrogen) atoms. The Labute approximate surface area is 153 Å². The van der Waals surface area contributed by atoms with Gasteiger partial charge in [-0.1, -0.05) is 31.2 Å². The second-order valence-corrected chi connectivity index (χ2v) is 7.53. The molecular formula is C20H25N3O3. The maximum absolute atomic E-state index is 12.4. The van der Waals surface area contributed by atoms with Gasteiger partial charge in [0, 0.05) is 49.3 Å². The third-order valence-corrected chi connectivity index (χ3v) is 6.27. The molecule has 4 atom stereocenters. The summed E-state index contributed by atoms with van der Waals surface area (Å²) in [6.07, 6.45) is 9.28. The lowest BCUT2D eigenvalue weighted by Gasteiger charge is -2.46. The van der Waals surface area contributed by atoms with Gasteiger partial charge in [0.15, 0.2) is 0 Å². The van der Waals surface area contributed by atoms with Crippen LogP contribution in [0.3, 0.4) is 0 Å². The number of carbonyl (C=O) groups excluding carboxylic acids is 1. The molecule has 0 spiro atoms. The summed E-state index contributed by atoms with van der Waals surface area (Å²) in [5, 5.41) is 10.9. The normalized spacial score (nSPS) is 30.3. The summed E-state index contributed by atoms with van der Waals surface area (Å²) in [5.74, 6) is 0.307. The van der Waals surface area contributed by atoms with E-state index in [0.29, 0.717) is 36.5 Å². The van der Waals surface area contributed by atoms with Crippen molar-refractivity contribution in [1.29, 1.82) is 0 Å². The molecule has 3 saturated heterocycles. The van der Waals surface area contributed by atoms with Gasteiger partial charge in [-0.15, -0.1) is 0 Å². The molecule has 6 heteroatoms. The van der Waals surface area contributed by atoms with Crippen molar-refractivity contribution in [3.05, 3.63) is 46.0 Å². The molecule has 138 valence electrons. The van der Waals surface area contributed by atoms with Gasteiger partial charge in [-0.2, -0.15) is 0 Å². The van der Waals surface area contributed by atoms with Crippen LogP contribution in [0.1, 0.15) is 44.6 Å². The lowest BCUT2D eigenvalue weighted by atomic mass is 10.0. The Morgan fingerprint density at radius 1 is 1.19 bits per heavy atom. The number of nitrogens with zero attached hydrogens (tertiary/aromatic N) is 3. The van der Waals surface area contributed by atoms with Gasteiger partial charge in [0.1, 0.15) is 0 Å². The van der Waals surface area contributed by atoms with Gasteiger partial charge < -0.3 is 4.90 Å². The average Bonchev–Trinajstić information content (AvgIpc) is 3.16. The number of carbonyl (C=O) groups is 1. The first-order valence-corrected chi connectivity index (χ1v) is 9.58. The fraction of sp³-hybridized carbons (Fsp3) is 0.550. The largest absolute Gasteiger partial charge is 0.334 e. The highest BCUT2D eigenvalue weighted by atomic mass is 16.6. The first kappa shape index (κ1) is 17.2. The number of nitro benzene ring substituents is 1. The Balaban J connectivity index is 1.47. The molecule has 0 N–H and O–H groups in total. The monoisotopic (exact) mass is 355 g/mol. The molecule has 1 aromatic rings. The van der Waals surface area contributed by atoms with E-state index in [4.69, 9.17) is 0 Å². The van der Waals surface area contributed by atoms with Crippen LogP contribution in [0.25, 0.3) is 6.08 Å². The van der Waals surface area contributed by atoms with E-state index < -0.39 is 0 Å². The Morgan fingerprint density at radius 2 is 1.85 bits per heavy atom. The molecule has 6 nitrogen and oxygen atoms in total. The summed E-state index contributed by atoms with van der Waals surface area (Å²) in [5.41, 5.74) is 0.978. The van der Waals surface area contributed by atoms with Gasteiger partial charge in [-0.05, 0) is 31.2 Å². The molecule has 0 saturated carbocycles. The molecule has 1 amide bonds. The number of amides is 1. The highest BCUT2D eigenvalue weighted by molar-refractivity contribution is 5.77. The highest BCUT2D eigenvalue weighted by Crippen LogP contribution is 2.45. The minimum Gasteiger partial charge on any atom is -0.334 e. The molecule has 3 fully saturated rings. The third kappa shape index (κ3) is 2.82. The predicted octanol–water partition coefficient (Wildman–Crippen LogP) is 3.22. The first-order valence-electron chi connectivity index (χ1n) is 9.58. The van der Waals surface area contributed by atoms with E-state index in [0.717, 1.165) is 24.9 Å². The molecule has 4 bridgehead atoms. The lowest BCUT2D eigenvalue weighted by Crippen LogP contribution is -2.61. The molecule has 3 aliphatic heterocycles. The molecule has 3 aliphatic rings. The molecule has 0 radical (unpaired) electrons. The number of hydrogen-bond donors (Lipinski definition) is 0. The van der Waals surface area contributed by atoms with Crippen molar-refractivity contribution >= 4 is 17.7 Å². The van der Waals surface area contributed by atoms with Gasteiger partial charge in [0.2, 0.25) is 5.91 Å². The van der Waals surface area contributed by atoms with Gasteiger partial charge in [0.05, 0.1) is 4.92 Å². The van der Waals surface area contributed by atoms with E-state index in [9.17, 15) is 14.9 Å². The van der Waals surface area contributed by atoms with Crippen molar-refractivity contribution < 1.29 is 9.72 Å². The van der Waals surface area contributed by atoms with Crippen LogP contribution in [0.2, 0.25) is 0 Å². The van der Waals surface area contributed by atoms with E-state index in [-0.39, 0.29) is 10.6 Å². The van der Waals surface area contributed by atoms with E-state index in [1.54, 1.807) is 12.1 Å². The van der Waals surface area contributed by atoms with Crippen LogP contribution in [0, 0.1) is 10.1 Å². The van der Waals surface area contributed by atoms with Gasteiger partial charge in [-0.25, -0.2) is 0 Å². The van der Waals surface area contributed by atoms with Crippen LogP contribution in [-0.2, 0) is 4.79 Å². The zero-order valence-electron chi connectivity index (χ0n) is 15.1. The van der Waals surface area contributed by atoms with Crippen LogP contribution in [-0.4, -0.2) is 51.3 Å². The van der Waals surface area contributed by atoms with Crippen LogP contribution in [0.4, 0.5) is 5.69 Å². The summed E-state index contributed by atoms with van der Waals surface area (Å²) in [6.45, 7) is 2.80. The number of hydrogen-bond acceptors (Lipinski definition) is 4. The fourth-order valence-electron chi connectivity index (χ4n) is 5.24. The SMILES string of the molecule is CCC(=O)N1C2CC[C@H]1[C@@H]1CCC2N1C/C=C/c1cccc([N+](=O)[O-])c1. The second kappa shape index (κ2) is 6.83. The Morgan fingerprint density at radius 3 is 2.46 bits per heavy atom. The number of benzene rings is 1. The molecule has 0 aromatic heterocycles. The quantitative estimate of drug-likeness (QED) is 0.601. The third-order valence-electron chi connectivity index (χ3n) is 6.27. The van der Waals surface area contributed by atoms with Crippen molar-refractivity contribution in [2.75, 3.05) is 6.54 Å². The maximum Gasteiger partial charge on any atom is 0.270 e. The molecular weight excluding hydrogens is 330 g/mol. The van der Waals surface area contributed by atoms with Crippen LogP contribution >= 0.6 is 0 Å². The zero-order chi connectivity index (χ0) is 18.3. The van der Waals surface area contributed by atoms with Gasteiger partial charge >= 0.3 is 0 Å². The average molecular weight is 355 g/mol. The minimum absolute atomic E-state index is 0.122. The summed E-state index contributed by atoms with van der Waals surface area (Å²) in [4.78, 5) is 27.7. The molecule has 1 aromatic carbocycles. The molecule has 4 rings (SSSR count). The van der Waals surface area contributed by atoms with E-state index in [1.165, 1.54) is 18.9 Å². The van der Waals surface area contributed by atoms with Crippen LogP contribution < -0.4 is 0 Å². The minimum atomic E-state index is -0.362. The number of non-ortho nitro benzene ring substituents is 1. The van der Waals surface area contributed by atoms with Crippen LogP contribution in [0.5, 0.6) is 0 Å². The topological polar surface area (TPSA) is 66.7 Å². The maximum atomic E-state index is 12.4. The molecule has 2 unspecified atom stereocenters. The van der Waals surface area contributed by atoms with Crippen molar-refractivity contribution in [3.63, 3.8) is 0 Å². The Bertz CT molecular complexity index is 728. The summed E-state index contributed by atoms with van der Waals surface area (Å²) >= 11 is 0. The highest BCUT2D eigenvalue weighted by Gasteiger charge is 2.55. The van der Waals surface area contributed by atoms with Crippen LogP contribution in [0.15, 0.2) is 30.3 Å². The Kier molecular flexibility index (Phi) is 4.53. The van der Waals surface area contributed by atoms with Crippen molar-refractivity contribution in [1.82, 2.24) is 9.80 Å². The Hall–Kier alpha value is -2.21. The van der Waals surface area contributed by atoms with E-state index in [1.807, 2.05) is 19.1 Å². The summed E-state index contributed by atoms with van der Waals surface area (Å²) in [6, 6.07) is 8.39. The second-order valence-electron chi connectivity index (χ2n) is 7.53. The van der Waals surface area contributed by atoms with Crippen molar-refractivity contribution in [2.24, 2.45) is 0 Å². The van der Waals surface area contributed by atoms with Gasteiger partial charge in [0.25, 0.3) is 5.69 Å². The summed E-state index contributed by atoms with van der Waals surface area (Å²) in [7, 11) is 0. The predicted molar refractivity (Wildman–Crippen MR) is 99.6 cm³/mol. The number of rotatable bonds is 5. The summed E-state index contributed by atoms with van der Waals surface area (Å²) < 4.78 is 0. The van der Waals surface area contributed by atoms with E-state index >= 15 is 0 Å². The zero-order valence-corrected chi connectivity index (χ0v) is 15.1.